The van der Waals surface area contributed by atoms with Crippen molar-refractivity contribution in [2.24, 2.45) is 0 Å². The Morgan fingerprint density at radius 1 is 1.14 bits per heavy atom. The quantitative estimate of drug-likeness (QED) is 0.571. The van der Waals surface area contributed by atoms with Gasteiger partial charge in [0.2, 0.25) is 0 Å². The van der Waals surface area contributed by atoms with Crippen molar-refractivity contribution in [1.29, 1.82) is 0 Å². The number of rotatable bonds is 4. The Morgan fingerprint density at radius 2 is 1.83 bits per heavy atom. The van der Waals surface area contributed by atoms with Gasteiger partial charge in [0.15, 0.2) is 5.97 Å². The van der Waals surface area contributed by atoms with E-state index in [1.165, 1.54) is 82.0 Å². The first-order valence-corrected chi connectivity index (χ1v) is 10.5. The molecule has 1 aromatic carbocycles. The van der Waals surface area contributed by atoms with Crippen molar-refractivity contribution < 1.29 is 29.4 Å². The fraction of sp³-hybridized carbons (Fsp3) is 0.545. The van der Waals surface area contributed by atoms with Gasteiger partial charge in [-0.1, -0.05) is 6.42 Å². The minimum atomic E-state index is -2.07. The van der Waals surface area contributed by atoms with E-state index in [0.29, 0.717) is 0 Å². The molecule has 1 aliphatic heterocycles. The smallest absolute Gasteiger partial charge is 0.351 e. The number of hydrogen-bond acceptors (Lipinski definition) is 4. The van der Waals surface area contributed by atoms with Gasteiger partial charge in [0.25, 0.3) is 0 Å². The second-order valence-electron chi connectivity index (χ2n) is 7.82. The van der Waals surface area contributed by atoms with Crippen molar-refractivity contribution in [3.63, 3.8) is 0 Å². The van der Waals surface area contributed by atoms with Gasteiger partial charge in [0, 0.05) is 29.4 Å². The molecular weight excluding hydrogens is 372 g/mol. The Morgan fingerprint density at radius 3 is 2.48 bits per heavy atom. The Balaban J connectivity index is 0.000000353. The van der Waals surface area contributed by atoms with Gasteiger partial charge in [0.05, 0.1) is 33.3 Å². The molecule has 29 heavy (non-hydrogen) atoms. The number of benzene rings is 1. The summed E-state index contributed by atoms with van der Waals surface area (Å²) in [6.45, 7) is 5.19. The summed E-state index contributed by atoms with van der Waals surface area (Å²) in [6.07, 6.45) is 9.37. The third-order valence-corrected chi connectivity index (χ3v) is 6.01. The maximum absolute atomic E-state index is 9.04. The highest BCUT2D eigenvalue weighted by Gasteiger charge is 2.21. The fourth-order valence-electron chi connectivity index (χ4n) is 4.57. The van der Waals surface area contributed by atoms with Crippen LogP contribution in [0.4, 0.5) is 0 Å². The molecule has 2 aliphatic rings. The highest BCUT2D eigenvalue weighted by atomic mass is 16.5. The van der Waals surface area contributed by atoms with E-state index in [1.54, 1.807) is 23.3 Å². The lowest BCUT2D eigenvalue weighted by Gasteiger charge is -2.15. The zero-order chi connectivity index (χ0) is 20.8. The Hall–Kier alpha value is -2.54. The number of nitrogens with zero attached hydrogens (tertiary/aromatic N) is 1. The monoisotopic (exact) mass is 402 g/mol. The molecule has 4 rings (SSSR count). The SMILES string of the molecule is COc1ccc2c(c1)c1c(n2CC[NH+]2CCCC2)CCCCC1.O=C([O-])C(=O)O. The van der Waals surface area contributed by atoms with Gasteiger partial charge in [0.1, 0.15) is 5.75 Å². The summed E-state index contributed by atoms with van der Waals surface area (Å²) in [5.41, 5.74) is 4.65. The lowest BCUT2D eigenvalue weighted by Crippen LogP contribution is -3.10. The average molecular weight is 402 g/mol. The van der Waals surface area contributed by atoms with Gasteiger partial charge in [-0.25, -0.2) is 4.79 Å². The van der Waals surface area contributed by atoms with Crippen LogP contribution >= 0.6 is 0 Å². The number of carbonyl (C=O) groups is 2. The van der Waals surface area contributed by atoms with Crippen molar-refractivity contribution >= 4 is 22.8 Å². The number of fused-ring (bicyclic) bond motifs is 3. The summed E-state index contributed by atoms with van der Waals surface area (Å²) in [4.78, 5) is 19.8. The molecule has 0 atom stereocenters. The summed E-state index contributed by atoms with van der Waals surface area (Å²) in [7, 11) is 1.77. The van der Waals surface area contributed by atoms with E-state index >= 15 is 0 Å². The second kappa shape index (κ2) is 9.78. The topological polar surface area (TPSA) is 96.0 Å². The van der Waals surface area contributed by atoms with Crippen LogP contribution in [0.2, 0.25) is 0 Å². The van der Waals surface area contributed by atoms with Gasteiger partial charge in [-0.2, -0.15) is 0 Å². The lowest BCUT2D eigenvalue weighted by molar-refractivity contribution is -0.888. The van der Waals surface area contributed by atoms with E-state index in [2.05, 4.69) is 22.8 Å². The van der Waals surface area contributed by atoms with Crippen LogP contribution in [0.1, 0.15) is 43.4 Å². The van der Waals surface area contributed by atoms with Gasteiger partial charge in [-0.15, -0.1) is 0 Å². The number of carboxylic acids is 2. The molecule has 1 aliphatic carbocycles. The van der Waals surface area contributed by atoms with Crippen LogP contribution in [0.3, 0.4) is 0 Å². The van der Waals surface area contributed by atoms with E-state index < -0.39 is 11.9 Å². The number of aryl methyl sites for hydroxylation is 1. The Kier molecular flexibility index (Phi) is 7.14. The molecule has 1 aromatic heterocycles. The lowest BCUT2D eigenvalue weighted by atomic mass is 10.1. The van der Waals surface area contributed by atoms with Gasteiger partial charge in [-0.3, -0.25) is 0 Å². The molecule has 2 N–H and O–H groups in total. The van der Waals surface area contributed by atoms with E-state index in [4.69, 9.17) is 24.5 Å². The predicted molar refractivity (Wildman–Crippen MR) is 107 cm³/mol. The number of carbonyl (C=O) groups excluding carboxylic acids is 1. The molecule has 0 amide bonds. The minimum Gasteiger partial charge on any atom is -0.539 e. The van der Waals surface area contributed by atoms with Gasteiger partial charge in [-0.05, 0) is 49.4 Å². The molecule has 0 unspecified atom stereocenters. The molecule has 0 bridgehead atoms. The van der Waals surface area contributed by atoms with Crippen molar-refractivity contribution in [2.75, 3.05) is 26.7 Å². The summed E-state index contributed by atoms with van der Waals surface area (Å²) in [5.74, 6) is -3.02. The fourth-order valence-corrected chi connectivity index (χ4v) is 4.57. The number of hydrogen-bond donors (Lipinski definition) is 2. The first-order chi connectivity index (χ1) is 14.0. The molecule has 1 fully saturated rings. The Labute approximate surface area is 170 Å². The Bertz CT molecular complexity index is 856. The van der Waals surface area contributed by atoms with E-state index in [9.17, 15) is 0 Å². The maximum atomic E-state index is 9.04. The molecule has 1 saturated heterocycles. The number of aliphatic carboxylic acids is 2. The summed E-state index contributed by atoms with van der Waals surface area (Å²) in [5, 5.41) is 17.8. The van der Waals surface area contributed by atoms with Crippen molar-refractivity contribution in [2.45, 2.75) is 51.5 Å². The van der Waals surface area contributed by atoms with E-state index in [-0.39, 0.29) is 0 Å². The number of likely N-dealkylation sites (tertiary alicyclic amines) is 1. The number of aromatic nitrogens is 1. The molecule has 0 radical (unpaired) electrons. The zero-order valence-electron chi connectivity index (χ0n) is 17.0. The van der Waals surface area contributed by atoms with Crippen molar-refractivity contribution in [3.05, 3.63) is 29.5 Å². The molecule has 2 aromatic rings. The predicted octanol–water partition coefficient (Wildman–Crippen LogP) is 0.418. The molecule has 2 heterocycles. The number of methoxy groups -OCH3 is 1. The summed E-state index contributed by atoms with van der Waals surface area (Å²) < 4.78 is 8.12. The first-order valence-electron chi connectivity index (χ1n) is 10.5. The summed E-state index contributed by atoms with van der Waals surface area (Å²) in [6, 6.07) is 6.67. The van der Waals surface area contributed by atoms with Crippen LogP contribution < -0.4 is 14.7 Å². The normalized spacial score (nSPS) is 16.6. The molecule has 7 heteroatoms. The minimum absolute atomic E-state index is 0.992. The van der Waals surface area contributed by atoms with Gasteiger partial charge < -0.3 is 29.2 Å². The molecule has 158 valence electrons. The van der Waals surface area contributed by atoms with Crippen LogP contribution in [-0.4, -0.2) is 48.4 Å². The molecular formula is C22H30N2O5. The largest absolute Gasteiger partial charge is 0.539 e. The highest BCUT2D eigenvalue weighted by Crippen LogP contribution is 2.33. The molecule has 0 saturated carbocycles. The molecule has 0 spiro atoms. The number of nitrogens with one attached hydrogen (secondary N) is 1. The maximum Gasteiger partial charge on any atom is 0.351 e. The van der Waals surface area contributed by atoms with Crippen molar-refractivity contribution in [1.82, 2.24) is 4.57 Å². The number of quaternary nitrogens is 1. The number of ether oxygens (including phenoxy) is 1. The van der Waals surface area contributed by atoms with Crippen LogP contribution in [0.15, 0.2) is 18.2 Å². The van der Waals surface area contributed by atoms with E-state index in [1.807, 2.05) is 0 Å². The van der Waals surface area contributed by atoms with Crippen LogP contribution in [0.5, 0.6) is 5.75 Å². The zero-order valence-corrected chi connectivity index (χ0v) is 17.0. The van der Waals surface area contributed by atoms with E-state index in [0.717, 1.165) is 5.75 Å². The van der Waals surface area contributed by atoms with Crippen LogP contribution in [-0.2, 0) is 29.0 Å². The third-order valence-electron chi connectivity index (χ3n) is 6.01. The van der Waals surface area contributed by atoms with Crippen molar-refractivity contribution in [3.8, 4) is 5.75 Å². The first kappa shape index (κ1) is 21.2. The third kappa shape index (κ3) is 5.09. The second-order valence-corrected chi connectivity index (χ2v) is 7.82. The molecule has 7 nitrogen and oxygen atoms in total. The highest BCUT2D eigenvalue weighted by molar-refractivity contribution is 6.26. The van der Waals surface area contributed by atoms with Gasteiger partial charge >= 0.3 is 5.97 Å². The van der Waals surface area contributed by atoms with Crippen LogP contribution in [0, 0.1) is 0 Å². The average Bonchev–Trinajstić information content (AvgIpc) is 3.25. The summed E-state index contributed by atoms with van der Waals surface area (Å²) >= 11 is 0. The standard InChI is InChI=1S/C20H28N2O.C2H2O4/c1-23-16-9-10-20-18(15-16)17-7-3-2-4-8-19(17)22(20)14-13-21-11-5-6-12-21;3-1(4)2(5)6/h9-10,15H,2-8,11-14H2,1H3;(H,3,4)(H,5,6). The van der Waals surface area contributed by atoms with Crippen LogP contribution in [0.25, 0.3) is 10.9 Å². The number of carboxylic acid groups (broad SMARTS) is 2.